The molecule has 1 aromatic carbocycles. The molecule has 2 aromatic heterocycles. The molecule has 0 spiro atoms. The third-order valence-electron chi connectivity index (χ3n) is 5.56. The van der Waals surface area contributed by atoms with Crippen LogP contribution in [0.15, 0.2) is 36.9 Å². The van der Waals surface area contributed by atoms with Gasteiger partial charge < -0.3 is 10.0 Å². The summed E-state index contributed by atoms with van der Waals surface area (Å²) < 4.78 is 30.7. The van der Waals surface area contributed by atoms with Crippen LogP contribution in [0, 0.1) is 0 Å². The van der Waals surface area contributed by atoms with Crippen molar-refractivity contribution in [3.05, 3.63) is 48.2 Å². The minimum Gasteiger partial charge on any atom is -0.389 e. The Hall–Kier alpha value is -2.94. The highest BCUT2D eigenvalue weighted by atomic mass is 19.3. The van der Waals surface area contributed by atoms with E-state index in [1.165, 1.54) is 0 Å². The number of alkyl halides is 2. The number of anilines is 1. The highest BCUT2D eigenvalue weighted by Crippen LogP contribution is 2.45. The highest BCUT2D eigenvalue weighted by molar-refractivity contribution is 5.69. The first-order valence-corrected chi connectivity index (χ1v) is 9.13. The van der Waals surface area contributed by atoms with E-state index in [1.54, 1.807) is 22.1 Å². The van der Waals surface area contributed by atoms with Gasteiger partial charge in [0.25, 0.3) is 5.92 Å². The van der Waals surface area contributed by atoms with Gasteiger partial charge >= 0.3 is 0 Å². The van der Waals surface area contributed by atoms with Crippen molar-refractivity contribution >= 4 is 5.95 Å². The molecule has 0 amide bonds. The van der Waals surface area contributed by atoms with Crippen molar-refractivity contribution in [2.45, 2.75) is 37.8 Å². The van der Waals surface area contributed by atoms with Gasteiger partial charge in [-0.25, -0.2) is 9.97 Å². The molecule has 1 fully saturated rings. The molecule has 144 valence electrons. The Morgan fingerprint density at radius 3 is 2.68 bits per heavy atom. The Bertz CT molecular complexity index is 1040. The van der Waals surface area contributed by atoms with Crippen molar-refractivity contribution < 1.29 is 13.9 Å². The van der Waals surface area contributed by atoms with E-state index in [-0.39, 0.29) is 30.5 Å². The maximum absolute atomic E-state index is 14.5. The predicted molar refractivity (Wildman–Crippen MR) is 97.4 cm³/mol. The van der Waals surface area contributed by atoms with E-state index in [0.717, 1.165) is 11.3 Å². The second-order valence-corrected chi connectivity index (χ2v) is 7.28. The summed E-state index contributed by atoms with van der Waals surface area (Å²) in [4.78, 5) is 10.6. The van der Waals surface area contributed by atoms with E-state index in [1.807, 2.05) is 31.2 Å². The number of aromatic nitrogens is 5. The molecule has 1 aliphatic heterocycles. The fraction of sp³-hybridized carbons (Fsp3) is 0.368. The zero-order valence-electron chi connectivity index (χ0n) is 15.1. The SMILES string of the molecule is C[C@H]1[C@H](O)CN1c1nc(-c2cccc(-n3cnnc3)c2)c2c(n1)C(F)(F)CC2. The van der Waals surface area contributed by atoms with Crippen molar-refractivity contribution in [3.8, 4) is 16.9 Å². The number of β-amino-alcohol motifs (C(OH)–C–C–N with tert-alkyl or cyclic N) is 1. The van der Waals surface area contributed by atoms with Crippen LogP contribution in [-0.4, -0.2) is 48.5 Å². The maximum Gasteiger partial charge on any atom is 0.290 e. The molecule has 0 bridgehead atoms. The highest BCUT2D eigenvalue weighted by Gasteiger charge is 2.45. The second-order valence-electron chi connectivity index (χ2n) is 7.28. The number of nitrogens with zero attached hydrogens (tertiary/aromatic N) is 6. The molecular formula is C19H18F2N6O. The van der Waals surface area contributed by atoms with Crippen LogP contribution in [0.25, 0.3) is 16.9 Å². The van der Waals surface area contributed by atoms with Gasteiger partial charge in [-0.15, -0.1) is 10.2 Å². The van der Waals surface area contributed by atoms with E-state index in [0.29, 0.717) is 17.8 Å². The number of rotatable bonds is 3. The van der Waals surface area contributed by atoms with E-state index < -0.39 is 12.0 Å². The molecule has 0 unspecified atom stereocenters. The van der Waals surface area contributed by atoms with Crippen LogP contribution in [0.5, 0.6) is 0 Å². The molecule has 5 rings (SSSR count). The summed E-state index contributed by atoms with van der Waals surface area (Å²) in [5.41, 5.74) is 2.35. The van der Waals surface area contributed by atoms with Crippen LogP contribution in [0.1, 0.15) is 24.6 Å². The maximum atomic E-state index is 14.5. The third kappa shape index (κ3) is 2.57. The first-order valence-electron chi connectivity index (χ1n) is 9.13. The largest absolute Gasteiger partial charge is 0.389 e. The molecule has 0 radical (unpaired) electrons. The molecule has 2 atom stereocenters. The van der Waals surface area contributed by atoms with E-state index >= 15 is 0 Å². The molecule has 3 aromatic rings. The lowest BCUT2D eigenvalue weighted by molar-refractivity contribution is -0.00603. The van der Waals surface area contributed by atoms with Crippen LogP contribution in [0.3, 0.4) is 0 Å². The van der Waals surface area contributed by atoms with E-state index in [4.69, 9.17) is 0 Å². The molecule has 1 aliphatic carbocycles. The zero-order chi connectivity index (χ0) is 19.5. The third-order valence-corrected chi connectivity index (χ3v) is 5.56. The second kappa shape index (κ2) is 6.03. The standard InChI is InChI=1S/C19H18F2N6O/c1-11-15(28)8-27(11)18-24-16(14-5-6-19(20,21)17(14)25-18)12-3-2-4-13(7-12)26-9-22-23-10-26/h2-4,7,9-11,15,28H,5-6,8H2,1H3/t11-,15+/m0/s1. The Morgan fingerprint density at radius 1 is 1.18 bits per heavy atom. The van der Waals surface area contributed by atoms with Crippen LogP contribution in [0.2, 0.25) is 0 Å². The topological polar surface area (TPSA) is 80.0 Å². The lowest BCUT2D eigenvalue weighted by Crippen LogP contribution is -2.59. The molecule has 7 nitrogen and oxygen atoms in total. The molecule has 9 heteroatoms. The fourth-order valence-corrected chi connectivity index (χ4v) is 3.78. The van der Waals surface area contributed by atoms with E-state index in [9.17, 15) is 13.9 Å². The minimum absolute atomic E-state index is 0.198. The summed E-state index contributed by atoms with van der Waals surface area (Å²) in [6.07, 6.45) is 2.61. The lowest BCUT2D eigenvalue weighted by Gasteiger charge is -2.43. The van der Waals surface area contributed by atoms with Crippen LogP contribution < -0.4 is 4.90 Å². The van der Waals surface area contributed by atoms with Gasteiger partial charge in [0.1, 0.15) is 18.3 Å². The Balaban J connectivity index is 1.65. The zero-order valence-corrected chi connectivity index (χ0v) is 15.1. The number of hydrogen-bond donors (Lipinski definition) is 1. The number of aliphatic hydroxyl groups is 1. The minimum atomic E-state index is -2.97. The summed E-state index contributed by atoms with van der Waals surface area (Å²) in [6.45, 7) is 2.17. The molecule has 28 heavy (non-hydrogen) atoms. The van der Waals surface area contributed by atoms with Gasteiger partial charge in [-0.1, -0.05) is 12.1 Å². The molecule has 0 saturated carbocycles. The van der Waals surface area contributed by atoms with Gasteiger partial charge in [-0.05, 0) is 25.5 Å². The van der Waals surface area contributed by atoms with Crippen molar-refractivity contribution in [1.29, 1.82) is 0 Å². The molecule has 2 aliphatic rings. The average Bonchev–Trinajstić information content (AvgIpc) is 3.34. The van der Waals surface area contributed by atoms with Crippen molar-refractivity contribution in [2.24, 2.45) is 0 Å². The first kappa shape index (κ1) is 17.2. The van der Waals surface area contributed by atoms with Gasteiger partial charge in [-0.3, -0.25) is 4.57 Å². The molecule has 1 N–H and O–H groups in total. The van der Waals surface area contributed by atoms with Gasteiger partial charge in [0, 0.05) is 29.8 Å². The summed E-state index contributed by atoms with van der Waals surface area (Å²) >= 11 is 0. The van der Waals surface area contributed by atoms with Crippen LogP contribution >= 0.6 is 0 Å². The summed E-state index contributed by atoms with van der Waals surface area (Å²) in [5.74, 6) is -2.73. The van der Waals surface area contributed by atoms with Crippen molar-refractivity contribution in [2.75, 3.05) is 11.4 Å². The average molecular weight is 384 g/mol. The molecular weight excluding hydrogens is 366 g/mol. The first-order chi connectivity index (χ1) is 13.4. The predicted octanol–water partition coefficient (Wildman–Crippen LogP) is 2.33. The fourth-order valence-electron chi connectivity index (χ4n) is 3.78. The summed E-state index contributed by atoms with van der Waals surface area (Å²) in [6, 6.07) is 7.26. The monoisotopic (exact) mass is 384 g/mol. The van der Waals surface area contributed by atoms with Crippen molar-refractivity contribution in [1.82, 2.24) is 24.7 Å². The van der Waals surface area contributed by atoms with E-state index in [2.05, 4.69) is 20.2 Å². The molecule has 1 saturated heterocycles. The number of hydrogen-bond acceptors (Lipinski definition) is 6. The normalized spacial score (nSPS) is 22.8. The van der Waals surface area contributed by atoms with Crippen LogP contribution in [-0.2, 0) is 12.3 Å². The number of fused-ring (bicyclic) bond motifs is 1. The Labute approximate surface area is 159 Å². The van der Waals surface area contributed by atoms with Gasteiger partial charge in [-0.2, -0.15) is 8.78 Å². The Kier molecular flexibility index (Phi) is 3.70. The molecule has 3 heterocycles. The van der Waals surface area contributed by atoms with Gasteiger partial charge in [0.2, 0.25) is 5.95 Å². The van der Waals surface area contributed by atoms with Gasteiger partial charge in [0.15, 0.2) is 0 Å². The number of halogens is 2. The van der Waals surface area contributed by atoms with Gasteiger partial charge in [0.05, 0.1) is 17.8 Å². The quantitative estimate of drug-likeness (QED) is 0.747. The smallest absolute Gasteiger partial charge is 0.290 e. The lowest BCUT2D eigenvalue weighted by atomic mass is 10.0. The Morgan fingerprint density at radius 2 is 1.96 bits per heavy atom. The number of aliphatic hydroxyl groups excluding tert-OH is 1. The van der Waals surface area contributed by atoms with Crippen molar-refractivity contribution in [3.63, 3.8) is 0 Å². The van der Waals surface area contributed by atoms with Crippen LogP contribution in [0.4, 0.5) is 14.7 Å². The number of benzene rings is 1. The summed E-state index contributed by atoms with van der Waals surface area (Å²) in [7, 11) is 0. The summed E-state index contributed by atoms with van der Waals surface area (Å²) in [5, 5.41) is 17.4.